The molecule has 102 valence electrons. The molecule has 3 rings (SSSR count). The minimum atomic E-state index is -0.185. The van der Waals surface area contributed by atoms with Gasteiger partial charge in [0.25, 0.3) is 0 Å². The molecule has 2 heterocycles. The highest BCUT2D eigenvalue weighted by Gasteiger charge is 2.62. The largest absolute Gasteiger partial charge is 0.356 e. The fourth-order valence-corrected chi connectivity index (χ4v) is 3.21. The fraction of sp³-hybridized carbons (Fsp3) is 0.667. The summed E-state index contributed by atoms with van der Waals surface area (Å²) in [5, 5.41) is 6.03. The number of hydrogen-bond donors (Lipinski definition) is 2. The zero-order chi connectivity index (χ0) is 13.8. The van der Waals surface area contributed by atoms with Crippen LogP contribution in [0.2, 0.25) is 0 Å². The number of anilines is 1. The van der Waals surface area contributed by atoms with Crippen molar-refractivity contribution in [2.24, 2.45) is 17.8 Å². The lowest BCUT2D eigenvalue weighted by atomic mass is 9.96. The summed E-state index contributed by atoms with van der Waals surface area (Å²) >= 11 is 1.19. The molecule has 2 aliphatic rings. The number of nitrogens with one attached hydrogen (secondary N) is 2. The Hall–Kier alpha value is -1.50. The average molecular weight is 280 g/mol. The van der Waals surface area contributed by atoms with Crippen molar-refractivity contribution in [3.05, 3.63) is 5.82 Å². The van der Waals surface area contributed by atoms with E-state index in [1.54, 1.807) is 0 Å². The Labute approximate surface area is 115 Å². The van der Waals surface area contributed by atoms with Crippen molar-refractivity contribution in [3.8, 4) is 0 Å². The Bertz CT molecular complexity index is 548. The molecule has 19 heavy (non-hydrogen) atoms. The van der Waals surface area contributed by atoms with Gasteiger partial charge in [0.2, 0.25) is 16.9 Å². The molecule has 1 aliphatic heterocycles. The van der Waals surface area contributed by atoms with Crippen molar-refractivity contribution in [3.63, 3.8) is 0 Å². The number of rotatable bonds is 2. The minimum absolute atomic E-state index is 0.00204. The van der Waals surface area contributed by atoms with E-state index >= 15 is 0 Å². The van der Waals surface area contributed by atoms with E-state index in [1.165, 1.54) is 11.5 Å². The van der Waals surface area contributed by atoms with Crippen molar-refractivity contribution in [2.75, 3.05) is 11.9 Å². The molecule has 0 spiro atoms. The molecule has 6 nitrogen and oxygen atoms in total. The Balaban J connectivity index is 1.65. The number of nitrogens with zero attached hydrogens (tertiary/aromatic N) is 2. The first-order valence-corrected chi connectivity index (χ1v) is 7.08. The van der Waals surface area contributed by atoms with Crippen LogP contribution in [0.15, 0.2) is 0 Å². The molecule has 0 radical (unpaired) electrons. The number of carbonyl (C=O) groups excluding carboxylic acids is 2. The van der Waals surface area contributed by atoms with Crippen LogP contribution in [0.25, 0.3) is 0 Å². The van der Waals surface area contributed by atoms with E-state index in [-0.39, 0.29) is 35.0 Å². The summed E-state index contributed by atoms with van der Waals surface area (Å²) in [5.41, 5.74) is -0.130. The van der Waals surface area contributed by atoms with Crippen LogP contribution >= 0.6 is 11.5 Å². The average Bonchev–Trinajstić information content (AvgIpc) is 2.64. The number of piperidine rings is 1. The van der Waals surface area contributed by atoms with Gasteiger partial charge in [-0.3, -0.25) is 9.59 Å². The van der Waals surface area contributed by atoms with Gasteiger partial charge in [0, 0.05) is 29.4 Å². The van der Waals surface area contributed by atoms with Gasteiger partial charge in [-0.25, -0.2) is 4.98 Å². The summed E-state index contributed by atoms with van der Waals surface area (Å²) < 4.78 is 4.24. The zero-order valence-corrected chi connectivity index (χ0v) is 11.9. The molecule has 1 aromatic heterocycles. The van der Waals surface area contributed by atoms with Gasteiger partial charge in [-0.2, -0.15) is 4.37 Å². The molecule has 2 N–H and O–H groups in total. The lowest BCUT2D eigenvalue weighted by molar-refractivity contribution is -0.124. The molecule has 7 heteroatoms. The SMILES string of the molecule is CC(C)(C)c1nsc(NC(=O)[C@@H]2[C@H]3CNC(=O)[C@H]32)n1. The number of aromatic nitrogens is 2. The number of carbonyl (C=O) groups is 2. The second-order valence-electron chi connectivity index (χ2n) is 6.12. The summed E-state index contributed by atoms with van der Waals surface area (Å²) in [7, 11) is 0. The van der Waals surface area contributed by atoms with Crippen molar-refractivity contribution < 1.29 is 9.59 Å². The Morgan fingerprint density at radius 2 is 2.21 bits per heavy atom. The van der Waals surface area contributed by atoms with Gasteiger partial charge < -0.3 is 10.6 Å². The number of hydrogen-bond acceptors (Lipinski definition) is 5. The van der Waals surface area contributed by atoms with E-state index < -0.39 is 0 Å². The zero-order valence-electron chi connectivity index (χ0n) is 11.1. The van der Waals surface area contributed by atoms with Crippen LogP contribution in [0, 0.1) is 17.8 Å². The molecule has 1 saturated heterocycles. The van der Waals surface area contributed by atoms with E-state index in [9.17, 15) is 9.59 Å². The Kier molecular flexibility index (Phi) is 2.63. The van der Waals surface area contributed by atoms with E-state index in [1.807, 2.05) is 20.8 Å². The van der Waals surface area contributed by atoms with Gasteiger partial charge in [-0.1, -0.05) is 20.8 Å². The summed E-state index contributed by atoms with van der Waals surface area (Å²) in [6, 6.07) is 0. The third kappa shape index (κ3) is 2.11. The lowest BCUT2D eigenvalue weighted by Gasteiger charge is -2.12. The molecule has 3 atom stereocenters. The summed E-state index contributed by atoms with van der Waals surface area (Å²) in [6.45, 7) is 6.69. The highest BCUT2D eigenvalue weighted by molar-refractivity contribution is 7.09. The van der Waals surface area contributed by atoms with E-state index in [2.05, 4.69) is 20.0 Å². The molecule has 1 aromatic rings. The second-order valence-corrected chi connectivity index (χ2v) is 6.87. The van der Waals surface area contributed by atoms with Gasteiger partial charge in [-0.05, 0) is 0 Å². The molecule has 2 fully saturated rings. The predicted molar refractivity (Wildman–Crippen MR) is 70.7 cm³/mol. The molecule has 0 bridgehead atoms. The van der Waals surface area contributed by atoms with E-state index in [0.717, 1.165) is 5.82 Å². The summed E-state index contributed by atoms with van der Waals surface area (Å²) in [4.78, 5) is 27.8. The quantitative estimate of drug-likeness (QED) is 0.838. The Morgan fingerprint density at radius 1 is 1.47 bits per heavy atom. The molecule has 1 aliphatic carbocycles. The first-order chi connectivity index (χ1) is 8.88. The topological polar surface area (TPSA) is 84.0 Å². The van der Waals surface area contributed by atoms with Crippen molar-refractivity contribution in [1.29, 1.82) is 0 Å². The van der Waals surface area contributed by atoms with Gasteiger partial charge in [0.15, 0.2) is 0 Å². The molecule has 0 unspecified atom stereocenters. The first-order valence-electron chi connectivity index (χ1n) is 6.30. The van der Waals surface area contributed by atoms with Crippen LogP contribution in [0.3, 0.4) is 0 Å². The van der Waals surface area contributed by atoms with E-state index in [0.29, 0.717) is 11.7 Å². The van der Waals surface area contributed by atoms with Crippen molar-refractivity contribution in [1.82, 2.24) is 14.7 Å². The lowest BCUT2D eigenvalue weighted by Crippen LogP contribution is -2.27. The van der Waals surface area contributed by atoms with Crippen LogP contribution in [-0.4, -0.2) is 27.7 Å². The third-order valence-electron chi connectivity index (χ3n) is 3.61. The summed E-state index contributed by atoms with van der Waals surface area (Å²) in [5.74, 6) is 0.467. The predicted octanol–water partition coefficient (Wildman–Crippen LogP) is 0.766. The second kappa shape index (κ2) is 4.00. The third-order valence-corrected chi connectivity index (χ3v) is 4.24. The maximum atomic E-state index is 12.0. The molecular weight excluding hydrogens is 264 g/mol. The maximum Gasteiger partial charge on any atom is 0.230 e. The monoisotopic (exact) mass is 280 g/mol. The van der Waals surface area contributed by atoms with Gasteiger partial charge in [0.1, 0.15) is 5.82 Å². The van der Waals surface area contributed by atoms with Gasteiger partial charge in [0.05, 0.1) is 11.8 Å². The number of fused-ring (bicyclic) bond motifs is 1. The molecular formula is C12H16N4O2S. The molecule has 2 amide bonds. The minimum Gasteiger partial charge on any atom is -0.356 e. The summed E-state index contributed by atoms with van der Waals surface area (Å²) in [6.07, 6.45) is 0. The van der Waals surface area contributed by atoms with Crippen LogP contribution in [0.1, 0.15) is 26.6 Å². The van der Waals surface area contributed by atoms with Gasteiger partial charge >= 0.3 is 0 Å². The Morgan fingerprint density at radius 3 is 2.74 bits per heavy atom. The highest BCUT2D eigenvalue weighted by atomic mass is 32.1. The molecule has 0 aromatic carbocycles. The smallest absolute Gasteiger partial charge is 0.230 e. The van der Waals surface area contributed by atoms with Crippen LogP contribution < -0.4 is 10.6 Å². The molecule has 1 saturated carbocycles. The maximum absolute atomic E-state index is 12.0. The van der Waals surface area contributed by atoms with Crippen LogP contribution in [0.5, 0.6) is 0 Å². The fourth-order valence-electron chi connectivity index (χ4n) is 2.45. The first kappa shape index (κ1) is 12.5. The van der Waals surface area contributed by atoms with Crippen LogP contribution in [-0.2, 0) is 15.0 Å². The van der Waals surface area contributed by atoms with Crippen molar-refractivity contribution >= 4 is 28.5 Å². The van der Waals surface area contributed by atoms with Gasteiger partial charge in [-0.15, -0.1) is 0 Å². The van der Waals surface area contributed by atoms with Crippen molar-refractivity contribution in [2.45, 2.75) is 26.2 Å². The highest BCUT2D eigenvalue weighted by Crippen LogP contribution is 2.49. The standard InChI is InChI=1S/C12H16N4O2S/c1-12(2,3)10-15-11(19-16-10)14-9(18)7-5-4-13-8(17)6(5)7/h5-7H,4H2,1-3H3,(H,13,17)(H,14,15,16,18)/t5-,6+,7+/m0/s1. The normalized spacial score (nSPS) is 28.8. The van der Waals surface area contributed by atoms with E-state index in [4.69, 9.17) is 0 Å². The van der Waals surface area contributed by atoms with Crippen LogP contribution in [0.4, 0.5) is 5.13 Å². The number of amides is 2.